The molecule has 0 bridgehead atoms. The van der Waals surface area contributed by atoms with Crippen LogP contribution in [0.4, 0.5) is 0 Å². The predicted molar refractivity (Wildman–Crippen MR) is 52.9 cm³/mol. The van der Waals surface area contributed by atoms with Gasteiger partial charge in [-0.05, 0) is 38.4 Å². The minimum atomic E-state index is 0.665. The number of nitrogens with two attached hydrogens (primary N) is 1. The van der Waals surface area contributed by atoms with Crippen LogP contribution < -0.4 is 10.5 Å². The van der Waals surface area contributed by atoms with Crippen LogP contribution in [0.3, 0.4) is 0 Å². The Balaban J connectivity index is 2.64. The second-order valence-corrected chi connectivity index (χ2v) is 3.03. The SMILES string of the molecule is Cc1ccnc(C)c1OCCCN. The van der Waals surface area contributed by atoms with Gasteiger partial charge in [0.25, 0.3) is 0 Å². The molecule has 1 aromatic rings. The molecule has 0 saturated carbocycles. The third-order valence-electron chi connectivity index (χ3n) is 1.87. The van der Waals surface area contributed by atoms with Crippen molar-refractivity contribution in [2.45, 2.75) is 20.3 Å². The Morgan fingerprint density at radius 3 is 2.85 bits per heavy atom. The molecule has 1 rings (SSSR count). The molecule has 0 aliphatic carbocycles. The van der Waals surface area contributed by atoms with Gasteiger partial charge in [0.1, 0.15) is 5.75 Å². The van der Waals surface area contributed by atoms with Crippen molar-refractivity contribution in [3.63, 3.8) is 0 Å². The molecule has 0 spiro atoms. The molecule has 2 N–H and O–H groups in total. The van der Waals surface area contributed by atoms with Crippen LogP contribution in [0.15, 0.2) is 12.3 Å². The van der Waals surface area contributed by atoms with E-state index in [1.54, 1.807) is 6.20 Å². The van der Waals surface area contributed by atoms with Crippen LogP contribution in [-0.2, 0) is 0 Å². The summed E-state index contributed by atoms with van der Waals surface area (Å²) in [5, 5.41) is 0. The summed E-state index contributed by atoms with van der Waals surface area (Å²) in [4.78, 5) is 4.16. The molecule has 72 valence electrons. The molecule has 1 aromatic heterocycles. The van der Waals surface area contributed by atoms with E-state index in [1.807, 2.05) is 19.9 Å². The summed E-state index contributed by atoms with van der Waals surface area (Å²) in [6, 6.07) is 1.95. The van der Waals surface area contributed by atoms with Crippen molar-refractivity contribution in [2.24, 2.45) is 5.73 Å². The maximum absolute atomic E-state index is 5.57. The highest BCUT2D eigenvalue weighted by molar-refractivity contribution is 5.34. The molecule has 0 radical (unpaired) electrons. The smallest absolute Gasteiger partial charge is 0.143 e. The van der Waals surface area contributed by atoms with Crippen molar-refractivity contribution >= 4 is 0 Å². The van der Waals surface area contributed by atoms with Crippen molar-refractivity contribution in [1.82, 2.24) is 4.98 Å². The van der Waals surface area contributed by atoms with Crippen LogP contribution >= 0.6 is 0 Å². The van der Waals surface area contributed by atoms with Gasteiger partial charge in [-0.25, -0.2) is 0 Å². The molecular formula is C10H16N2O. The van der Waals surface area contributed by atoms with Crippen LogP contribution in [0, 0.1) is 13.8 Å². The number of aromatic nitrogens is 1. The van der Waals surface area contributed by atoms with Gasteiger partial charge in [0.05, 0.1) is 12.3 Å². The predicted octanol–water partition coefficient (Wildman–Crippen LogP) is 1.43. The fourth-order valence-corrected chi connectivity index (χ4v) is 1.16. The van der Waals surface area contributed by atoms with Gasteiger partial charge < -0.3 is 10.5 Å². The normalized spacial score (nSPS) is 10.1. The van der Waals surface area contributed by atoms with E-state index in [4.69, 9.17) is 10.5 Å². The minimum absolute atomic E-state index is 0.665. The maximum atomic E-state index is 5.57. The molecule has 0 atom stereocenters. The zero-order valence-corrected chi connectivity index (χ0v) is 8.21. The summed E-state index contributed by atoms with van der Waals surface area (Å²) in [6.07, 6.45) is 2.67. The first-order chi connectivity index (χ1) is 6.25. The first kappa shape index (κ1) is 9.99. The largest absolute Gasteiger partial charge is 0.491 e. The zero-order valence-electron chi connectivity index (χ0n) is 8.21. The molecule has 0 aliphatic heterocycles. The number of nitrogens with zero attached hydrogens (tertiary/aromatic N) is 1. The zero-order chi connectivity index (χ0) is 9.68. The number of rotatable bonds is 4. The lowest BCUT2D eigenvalue weighted by Gasteiger charge is -2.09. The molecule has 0 saturated heterocycles. The van der Waals surface area contributed by atoms with Gasteiger partial charge >= 0.3 is 0 Å². The summed E-state index contributed by atoms with van der Waals surface area (Å²) in [6.45, 7) is 5.31. The van der Waals surface area contributed by atoms with E-state index in [2.05, 4.69) is 4.98 Å². The Labute approximate surface area is 78.9 Å². The number of hydrogen-bond acceptors (Lipinski definition) is 3. The third kappa shape index (κ3) is 2.70. The lowest BCUT2D eigenvalue weighted by Crippen LogP contribution is -2.07. The van der Waals surface area contributed by atoms with Crippen molar-refractivity contribution in [2.75, 3.05) is 13.2 Å². The van der Waals surface area contributed by atoms with Gasteiger partial charge in [-0.2, -0.15) is 0 Å². The molecule has 3 nitrogen and oxygen atoms in total. The highest BCUT2D eigenvalue weighted by Crippen LogP contribution is 2.19. The Kier molecular flexibility index (Phi) is 3.71. The molecule has 0 fully saturated rings. The molecule has 0 amide bonds. The van der Waals surface area contributed by atoms with Crippen LogP contribution in [0.5, 0.6) is 5.75 Å². The van der Waals surface area contributed by atoms with Gasteiger partial charge in [-0.1, -0.05) is 0 Å². The number of pyridine rings is 1. The number of hydrogen-bond donors (Lipinski definition) is 1. The number of aryl methyl sites for hydroxylation is 2. The summed E-state index contributed by atoms with van der Waals surface area (Å²) in [7, 11) is 0. The molecular weight excluding hydrogens is 164 g/mol. The van der Waals surface area contributed by atoms with Crippen LogP contribution in [0.2, 0.25) is 0 Å². The van der Waals surface area contributed by atoms with Crippen molar-refractivity contribution < 1.29 is 4.74 Å². The van der Waals surface area contributed by atoms with Crippen molar-refractivity contribution in [1.29, 1.82) is 0 Å². The van der Waals surface area contributed by atoms with Crippen molar-refractivity contribution in [3.05, 3.63) is 23.5 Å². The fraction of sp³-hybridized carbons (Fsp3) is 0.500. The average Bonchev–Trinajstić information content (AvgIpc) is 2.10. The quantitative estimate of drug-likeness (QED) is 0.713. The third-order valence-corrected chi connectivity index (χ3v) is 1.87. The monoisotopic (exact) mass is 180 g/mol. The Morgan fingerprint density at radius 1 is 1.46 bits per heavy atom. The van der Waals surface area contributed by atoms with Gasteiger partial charge in [0.15, 0.2) is 0 Å². The molecule has 0 unspecified atom stereocenters. The van der Waals surface area contributed by atoms with E-state index in [0.717, 1.165) is 23.4 Å². The second-order valence-electron chi connectivity index (χ2n) is 3.03. The Hall–Kier alpha value is -1.09. The van der Waals surface area contributed by atoms with E-state index >= 15 is 0 Å². The lowest BCUT2D eigenvalue weighted by molar-refractivity contribution is 0.308. The van der Waals surface area contributed by atoms with Crippen molar-refractivity contribution in [3.8, 4) is 5.75 Å². The van der Waals surface area contributed by atoms with Gasteiger partial charge in [-0.3, -0.25) is 4.98 Å². The van der Waals surface area contributed by atoms with E-state index in [1.165, 1.54) is 0 Å². The topological polar surface area (TPSA) is 48.1 Å². The second kappa shape index (κ2) is 4.82. The molecule has 0 aromatic carbocycles. The van der Waals surface area contributed by atoms with Crippen LogP contribution in [0.1, 0.15) is 17.7 Å². The first-order valence-corrected chi connectivity index (χ1v) is 4.50. The Morgan fingerprint density at radius 2 is 2.23 bits per heavy atom. The maximum Gasteiger partial charge on any atom is 0.143 e. The first-order valence-electron chi connectivity index (χ1n) is 4.50. The van der Waals surface area contributed by atoms with E-state index < -0.39 is 0 Å². The summed E-state index contributed by atoms with van der Waals surface area (Å²) < 4.78 is 5.57. The summed E-state index contributed by atoms with van der Waals surface area (Å²) in [5.74, 6) is 0.899. The van der Waals surface area contributed by atoms with E-state index in [-0.39, 0.29) is 0 Å². The molecule has 0 aliphatic rings. The highest BCUT2D eigenvalue weighted by Gasteiger charge is 2.02. The molecule has 1 heterocycles. The highest BCUT2D eigenvalue weighted by atomic mass is 16.5. The van der Waals surface area contributed by atoms with Gasteiger partial charge in [-0.15, -0.1) is 0 Å². The number of ether oxygens (including phenoxy) is 1. The van der Waals surface area contributed by atoms with E-state index in [9.17, 15) is 0 Å². The Bertz CT molecular complexity index is 253. The van der Waals surface area contributed by atoms with E-state index in [0.29, 0.717) is 13.2 Å². The van der Waals surface area contributed by atoms with Crippen LogP contribution in [-0.4, -0.2) is 18.1 Å². The van der Waals surface area contributed by atoms with Gasteiger partial charge in [0, 0.05) is 6.20 Å². The minimum Gasteiger partial charge on any atom is -0.491 e. The van der Waals surface area contributed by atoms with Crippen LogP contribution in [0.25, 0.3) is 0 Å². The summed E-state index contributed by atoms with van der Waals surface area (Å²) in [5.41, 5.74) is 7.44. The van der Waals surface area contributed by atoms with Gasteiger partial charge in [0.2, 0.25) is 0 Å². The average molecular weight is 180 g/mol. The molecule has 13 heavy (non-hydrogen) atoms. The fourth-order valence-electron chi connectivity index (χ4n) is 1.16. The lowest BCUT2D eigenvalue weighted by atomic mass is 10.2. The standard InChI is InChI=1S/C10H16N2O/c1-8-4-6-12-9(2)10(8)13-7-3-5-11/h4,6H,3,5,7,11H2,1-2H3. The summed E-state index contributed by atoms with van der Waals surface area (Å²) >= 11 is 0. The molecule has 3 heteroatoms.